The van der Waals surface area contributed by atoms with Crippen LogP contribution in [-0.2, 0) is 19.6 Å². The van der Waals surface area contributed by atoms with Crippen LogP contribution >= 0.6 is 0 Å². The predicted octanol–water partition coefficient (Wildman–Crippen LogP) is 3.15. The Morgan fingerprint density at radius 2 is 1.83 bits per heavy atom. The highest BCUT2D eigenvalue weighted by Crippen LogP contribution is 2.31. The van der Waals surface area contributed by atoms with E-state index in [1.54, 1.807) is 36.4 Å². The fraction of sp³-hybridized carbons (Fsp3) is 0.591. The molecule has 1 heterocycles. The quantitative estimate of drug-likeness (QED) is 0.606. The number of hydrogen-bond donors (Lipinski definition) is 0. The lowest BCUT2D eigenvalue weighted by Crippen LogP contribution is -2.42. The summed E-state index contributed by atoms with van der Waals surface area (Å²) in [4.78, 5) is 15.1. The van der Waals surface area contributed by atoms with Crippen LogP contribution in [0.2, 0.25) is 0 Å². The van der Waals surface area contributed by atoms with Gasteiger partial charge in [0.05, 0.1) is 18.1 Å². The van der Waals surface area contributed by atoms with Gasteiger partial charge in [0.15, 0.2) is 0 Å². The topological polar surface area (TPSA) is 66.9 Å². The minimum absolute atomic E-state index is 0.0327. The summed E-state index contributed by atoms with van der Waals surface area (Å²) < 4.78 is 32.1. The summed E-state index contributed by atoms with van der Waals surface area (Å²) in [6, 6.07) is 7.28. The number of carbonyl (C=O) groups excluding carboxylic acids is 1. The molecule has 2 atom stereocenters. The zero-order chi connectivity index (χ0) is 21.0. The molecule has 0 aromatic heterocycles. The van der Waals surface area contributed by atoms with E-state index in [2.05, 4.69) is 20.8 Å². The molecule has 1 aliphatic heterocycles. The lowest BCUT2D eigenvalue weighted by Gasteiger charge is -2.32. The molecular weight excluding hydrogens is 388 g/mol. The van der Waals surface area contributed by atoms with Gasteiger partial charge < -0.3 is 9.64 Å². The van der Waals surface area contributed by atoms with Crippen LogP contribution < -0.4 is 0 Å². The van der Waals surface area contributed by atoms with Gasteiger partial charge in [-0.1, -0.05) is 32.4 Å². The Balaban J connectivity index is 1.68. The number of sulfonamides is 1. The third-order valence-corrected chi connectivity index (χ3v) is 7.92. The molecular formula is C22H32N2O4S. The Morgan fingerprint density at radius 1 is 1.21 bits per heavy atom. The van der Waals surface area contributed by atoms with Crippen LogP contribution in [0.15, 0.2) is 35.2 Å². The van der Waals surface area contributed by atoms with E-state index in [-0.39, 0.29) is 16.8 Å². The van der Waals surface area contributed by atoms with E-state index < -0.39 is 10.0 Å². The van der Waals surface area contributed by atoms with Crippen molar-refractivity contribution >= 4 is 22.0 Å². The molecule has 1 saturated heterocycles. The van der Waals surface area contributed by atoms with Crippen molar-refractivity contribution in [2.24, 2.45) is 5.92 Å². The first kappa shape index (κ1) is 22.0. The standard InChI is InChI=1S/C22H32N2O4S/c1-4-17(2)18(3)24(20-8-9-20)22(25)12-7-19-5-10-21(11-6-19)29(26,27)23-13-15-28-16-14-23/h5-7,10-12,17-18,20H,4,8-9,13-16H2,1-3H3/b12-7+. The van der Waals surface area contributed by atoms with Crippen molar-refractivity contribution in [3.63, 3.8) is 0 Å². The summed E-state index contributed by atoms with van der Waals surface area (Å²) in [5, 5.41) is 0. The maximum absolute atomic E-state index is 12.8. The van der Waals surface area contributed by atoms with Crippen LogP contribution in [0.3, 0.4) is 0 Å². The van der Waals surface area contributed by atoms with Gasteiger partial charge in [-0.05, 0) is 49.5 Å². The normalized spacial score (nSPS) is 20.5. The molecule has 0 spiro atoms. The molecule has 6 nitrogen and oxygen atoms in total. The highest BCUT2D eigenvalue weighted by molar-refractivity contribution is 7.89. The second-order valence-electron chi connectivity index (χ2n) is 8.02. The van der Waals surface area contributed by atoms with Gasteiger partial charge in [-0.2, -0.15) is 4.31 Å². The lowest BCUT2D eigenvalue weighted by molar-refractivity contribution is -0.129. The average Bonchev–Trinajstić information content (AvgIpc) is 3.57. The maximum atomic E-state index is 12.8. The number of hydrogen-bond acceptors (Lipinski definition) is 4. The molecule has 7 heteroatoms. The first-order valence-electron chi connectivity index (χ1n) is 10.5. The first-order chi connectivity index (χ1) is 13.8. The Morgan fingerprint density at radius 3 is 2.38 bits per heavy atom. The number of ether oxygens (including phenoxy) is 1. The number of morpholine rings is 1. The monoisotopic (exact) mass is 420 g/mol. The molecule has 0 bridgehead atoms. The van der Waals surface area contributed by atoms with Gasteiger partial charge in [0.25, 0.3) is 0 Å². The largest absolute Gasteiger partial charge is 0.379 e. The van der Waals surface area contributed by atoms with Gasteiger partial charge in [0.2, 0.25) is 15.9 Å². The minimum Gasteiger partial charge on any atom is -0.379 e. The number of amides is 1. The number of benzene rings is 1. The Hall–Kier alpha value is -1.70. The Kier molecular flexibility index (Phi) is 7.14. The summed E-state index contributed by atoms with van der Waals surface area (Å²) in [5.74, 6) is 0.489. The summed E-state index contributed by atoms with van der Waals surface area (Å²) >= 11 is 0. The van der Waals surface area contributed by atoms with Crippen molar-refractivity contribution in [3.05, 3.63) is 35.9 Å². The van der Waals surface area contributed by atoms with Crippen LogP contribution in [0, 0.1) is 5.92 Å². The lowest BCUT2D eigenvalue weighted by atomic mass is 9.99. The van der Waals surface area contributed by atoms with Crippen molar-refractivity contribution in [1.29, 1.82) is 0 Å². The zero-order valence-electron chi connectivity index (χ0n) is 17.6. The molecule has 3 rings (SSSR count). The van der Waals surface area contributed by atoms with E-state index in [0.717, 1.165) is 24.8 Å². The molecule has 0 N–H and O–H groups in total. The molecule has 2 fully saturated rings. The van der Waals surface area contributed by atoms with Gasteiger partial charge in [-0.25, -0.2) is 8.42 Å². The van der Waals surface area contributed by atoms with Gasteiger partial charge >= 0.3 is 0 Å². The van der Waals surface area contributed by atoms with E-state index in [9.17, 15) is 13.2 Å². The smallest absolute Gasteiger partial charge is 0.247 e. The van der Waals surface area contributed by atoms with Crippen LogP contribution in [-0.4, -0.2) is 61.9 Å². The fourth-order valence-electron chi connectivity index (χ4n) is 3.62. The third kappa shape index (κ3) is 5.27. The van der Waals surface area contributed by atoms with Gasteiger partial charge in [-0.3, -0.25) is 4.79 Å². The van der Waals surface area contributed by atoms with Gasteiger partial charge in [0, 0.05) is 31.2 Å². The number of nitrogens with zero attached hydrogens (tertiary/aromatic N) is 2. The van der Waals surface area contributed by atoms with Crippen molar-refractivity contribution in [2.75, 3.05) is 26.3 Å². The van der Waals surface area contributed by atoms with Gasteiger partial charge in [0.1, 0.15) is 0 Å². The molecule has 2 unspecified atom stereocenters. The van der Waals surface area contributed by atoms with Crippen LogP contribution in [0.1, 0.15) is 45.6 Å². The van der Waals surface area contributed by atoms with E-state index in [0.29, 0.717) is 38.3 Å². The molecule has 1 aromatic rings. The average molecular weight is 421 g/mol. The van der Waals surface area contributed by atoms with E-state index >= 15 is 0 Å². The van der Waals surface area contributed by atoms with Crippen LogP contribution in [0.4, 0.5) is 0 Å². The second kappa shape index (κ2) is 9.41. The number of rotatable bonds is 8. The molecule has 1 saturated carbocycles. The van der Waals surface area contributed by atoms with Crippen LogP contribution in [0.25, 0.3) is 6.08 Å². The van der Waals surface area contributed by atoms with Crippen LogP contribution in [0.5, 0.6) is 0 Å². The second-order valence-corrected chi connectivity index (χ2v) is 9.96. The van der Waals surface area contributed by atoms with Gasteiger partial charge in [-0.15, -0.1) is 0 Å². The first-order valence-corrected chi connectivity index (χ1v) is 12.0. The summed E-state index contributed by atoms with van der Waals surface area (Å²) in [6.45, 7) is 8.07. The molecule has 0 radical (unpaired) electrons. The SMILES string of the molecule is CCC(C)C(C)N(C(=O)/C=C/c1ccc(S(=O)(=O)N2CCOCC2)cc1)C1CC1. The summed E-state index contributed by atoms with van der Waals surface area (Å²) in [7, 11) is -3.50. The third-order valence-electron chi connectivity index (χ3n) is 6.01. The van der Waals surface area contributed by atoms with E-state index in [4.69, 9.17) is 4.74 Å². The fourth-order valence-corrected chi connectivity index (χ4v) is 5.03. The van der Waals surface area contributed by atoms with Crippen molar-refractivity contribution < 1.29 is 17.9 Å². The molecule has 2 aliphatic rings. The highest BCUT2D eigenvalue weighted by atomic mass is 32.2. The molecule has 160 valence electrons. The molecule has 1 amide bonds. The summed E-state index contributed by atoms with van der Waals surface area (Å²) in [5.41, 5.74) is 0.811. The molecule has 1 aromatic carbocycles. The predicted molar refractivity (Wildman–Crippen MR) is 114 cm³/mol. The van der Waals surface area contributed by atoms with Crippen molar-refractivity contribution in [3.8, 4) is 0 Å². The maximum Gasteiger partial charge on any atom is 0.247 e. The molecule has 29 heavy (non-hydrogen) atoms. The molecule has 1 aliphatic carbocycles. The Labute approximate surface area is 174 Å². The van der Waals surface area contributed by atoms with Crippen molar-refractivity contribution in [2.45, 2.75) is 57.0 Å². The zero-order valence-corrected chi connectivity index (χ0v) is 18.4. The Bertz CT molecular complexity index is 825. The minimum atomic E-state index is -3.50. The highest BCUT2D eigenvalue weighted by Gasteiger charge is 2.36. The van der Waals surface area contributed by atoms with Crippen molar-refractivity contribution in [1.82, 2.24) is 9.21 Å². The van der Waals surface area contributed by atoms with E-state index in [1.807, 2.05) is 4.90 Å². The van der Waals surface area contributed by atoms with E-state index in [1.165, 1.54) is 4.31 Å². The number of carbonyl (C=O) groups is 1. The summed E-state index contributed by atoms with van der Waals surface area (Å²) in [6.07, 6.45) is 6.58.